The van der Waals surface area contributed by atoms with Gasteiger partial charge in [0.1, 0.15) is 11.7 Å². The number of benzene rings is 2. The highest BCUT2D eigenvalue weighted by Crippen LogP contribution is 2.37. The Hall–Kier alpha value is -4.27. The number of hydrogen-bond donors (Lipinski definition) is 2. The molecule has 9 nitrogen and oxygen atoms in total. The summed E-state index contributed by atoms with van der Waals surface area (Å²) in [6, 6.07) is 13.2. The van der Waals surface area contributed by atoms with E-state index in [2.05, 4.69) is 10.6 Å². The zero-order valence-electron chi connectivity index (χ0n) is 18.4. The molecule has 6 rings (SSSR count). The number of aryl methyl sites for hydroxylation is 1. The van der Waals surface area contributed by atoms with Crippen molar-refractivity contribution >= 4 is 23.4 Å². The number of ether oxygens (including phenoxy) is 2. The van der Waals surface area contributed by atoms with E-state index in [0.717, 1.165) is 11.1 Å². The maximum atomic E-state index is 13.5. The Morgan fingerprint density at radius 1 is 1.06 bits per heavy atom. The fourth-order valence-corrected chi connectivity index (χ4v) is 4.88. The van der Waals surface area contributed by atoms with E-state index in [-0.39, 0.29) is 24.5 Å². The van der Waals surface area contributed by atoms with Crippen LogP contribution in [0.4, 0.5) is 5.69 Å². The summed E-state index contributed by atoms with van der Waals surface area (Å²) < 4.78 is 12.6. The van der Waals surface area contributed by atoms with Crippen molar-refractivity contribution in [1.29, 1.82) is 0 Å². The zero-order chi connectivity index (χ0) is 23.4. The van der Waals surface area contributed by atoms with Crippen LogP contribution in [0.2, 0.25) is 0 Å². The summed E-state index contributed by atoms with van der Waals surface area (Å²) in [5, 5.41) is 5.84. The van der Waals surface area contributed by atoms with Gasteiger partial charge in [-0.3, -0.25) is 14.4 Å². The van der Waals surface area contributed by atoms with Crippen molar-refractivity contribution in [2.45, 2.75) is 18.5 Å². The Bertz CT molecular complexity index is 1350. The van der Waals surface area contributed by atoms with Crippen molar-refractivity contribution in [2.24, 2.45) is 7.05 Å². The molecule has 0 saturated carbocycles. The van der Waals surface area contributed by atoms with E-state index in [1.54, 1.807) is 47.0 Å². The molecule has 0 spiro atoms. The number of nitrogens with zero attached hydrogens (tertiary/aromatic N) is 2. The first-order valence-corrected chi connectivity index (χ1v) is 11.1. The van der Waals surface area contributed by atoms with E-state index in [0.29, 0.717) is 41.4 Å². The van der Waals surface area contributed by atoms with Crippen LogP contribution < -0.4 is 20.1 Å². The Kier molecular flexibility index (Phi) is 4.58. The summed E-state index contributed by atoms with van der Waals surface area (Å²) in [5.41, 5.74) is 3.07. The number of fused-ring (bicyclic) bond motifs is 3. The first-order valence-electron chi connectivity index (χ1n) is 11.1. The van der Waals surface area contributed by atoms with Crippen LogP contribution in [-0.2, 0) is 11.8 Å². The Balaban J connectivity index is 1.29. The number of carbonyl (C=O) groups is 3. The van der Waals surface area contributed by atoms with E-state index in [9.17, 15) is 14.4 Å². The van der Waals surface area contributed by atoms with Crippen LogP contribution in [0.1, 0.15) is 27.3 Å². The SMILES string of the molecule is Cn1cccc1C(=O)NC1CCN2C(=O)c3cc(-c4ccc5c(c4)OCO5)ccc3NC(=O)C12. The van der Waals surface area contributed by atoms with Crippen LogP contribution in [0.25, 0.3) is 11.1 Å². The van der Waals surface area contributed by atoms with Gasteiger partial charge in [0.2, 0.25) is 12.7 Å². The maximum Gasteiger partial charge on any atom is 0.268 e. The average Bonchev–Trinajstić information content (AvgIpc) is 3.56. The van der Waals surface area contributed by atoms with Gasteiger partial charge in [-0.05, 0) is 53.9 Å². The van der Waals surface area contributed by atoms with Gasteiger partial charge in [0.15, 0.2) is 11.5 Å². The lowest BCUT2D eigenvalue weighted by molar-refractivity contribution is -0.120. The van der Waals surface area contributed by atoms with Crippen LogP contribution in [-0.4, -0.2) is 52.6 Å². The summed E-state index contributed by atoms with van der Waals surface area (Å²) in [7, 11) is 1.78. The molecule has 1 saturated heterocycles. The van der Waals surface area contributed by atoms with Gasteiger partial charge in [-0.1, -0.05) is 12.1 Å². The third-order valence-electron chi connectivity index (χ3n) is 6.63. The molecule has 2 atom stereocenters. The second-order valence-corrected chi connectivity index (χ2v) is 8.63. The fourth-order valence-electron chi connectivity index (χ4n) is 4.88. The standard InChI is InChI=1S/C25H22N4O5/c1-28-9-2-3-19(28)23(30)27-18-8-10-29-22(18)24(31)26-17-6-4-14(11-16(17)25(29)32)15-5-7-20-21(12-15)34-13-33-20/h2-7,9,11-12,18,22H,8,10,13H2,1H3,(H,26,31)(H,27,30). The second kappa shape index (κ2) is 7.65. The maximum absolute atomic E-state index is 13.5. The third kappa shape index (κ3) is 3.20. The fraction of sp³-hybridized carbons (Fsp3) is 0.240. The molecule has 3 aromatic rings. The first-order chi connectivity index (χ1) is 16.5. The Morgan fingerprint density at radius 2 is 1.85 bits per heavy atom. The summed E-state index contributed by atoms with van der Waals surface area (Å²) in [5.74, 6) is 0.522. The van der Waals surface area contributed by atoms with E-state index in [4.69, 9.17) is 9.47 Å². The smallest absolute Gasteiger partial charge is 0.268 e. The minimum atomic E-state index is -0.780. The molecule has 0 aliphatic carbocycles. The van der Waals surface area contributed by atoms with Crippen molar-refractivity contribution < 1.29 is 23.9 Å². The number of nitrogens with one attached hydrogen (secondary N) is 2. The number of carbonyl (C=O) groups excluding carboxylic acids is 3. The number of amides is 3. The van der Waals surface area contributed by atoms with Crippen LogP contribution in [0.5, 0.6) is 11.5 Å². The van der Waals surface area contributed by atoms with Gasteiger partial charge >= 0.3 is 0 Å². The molecule has 172 valence electrons. The molecule has 2 aromatic carbocycles. The number of rotatable bonds is 3. The summed E-state index contributed by atoms with van der Waals surface area (Å²) in [6.45, 7) is 0.564. The molecule has 34 heavy (non-hydrogen) atoms. The van der Waals surface area contributed by atoms with E-state index < -0.39 is 12.1 Å². The van der Waals surface area contributed by atoms with Gasteiger partial charge < -0.3 is 29.6 Å². The molecular weight excluding hydrogens is 436 g/mol. The molecule has 9 heteroatoms. The monoisotopic (exact) mass is 458 g/mol. The van der Waals surface area contributed by atoms with Crippen LogP contribution in [0, 0.1) is 0 Å². The van der Waals surface area contributed by atoms with Gasteiger partial charge in [0, 0.05) is 19.8 Å². The van der Waals surface area contributed by atoms with Crippen LogP contribution >= 0.6 is 0 Å². The highest BCUT2D eigenvalue weighted by molar-refractivity contribution is 6.11. The van der Waals surface area contributed by atoms with Crippen molar-refractivity contribution in [1.82, 2.24) is 14.8 Å². The lowest BCUT2D eigenvalue weighted by Gasteiger charge is -2.25. The quantitative estimate of drug-likeness (QED) is 0.628. The minimum absolute atomic E-state index is 0.186. The molecule has 1 aromatic heterocycles. The topological polar surface area (TPSA) is 102 Å². The van der Waals surface area contributed by atoms with Crippen molar-refractivity contribution in [3.63, 3.8) is 0 Å². The van der Waals surface area contributed by atoms with Gasteiger partial charge in [-0.25, -0.2) is 0 Å². The zero-order valence-corrected chi connectivity index (χ0v) is 18.4. The minimum Gasteiger partial charge on any atom is -0.454 e. The molecule has 2 N–H and O–H groups in total. The highest BCUT2D eigenvalue weighted by atomic mass is 16.7. The Labute approximate surface area is 195 Å². The predicted octanol–water partition coefficient (Wildman–Crippen LogP) is 2.39. The lowest BCUT2D eigenvalue weighted by Crippen LogP contribution is -2.51. The average molecular weight is 458 g/mol. The van der Waals surface area contributed by atoms with Crippen LogP contribution in [0.15, 0.2) is 54.7 Å². The molecule has 4 heterocycles. The molecule has 3 aliphatic rings. The van der Waals surface area contributed by atoms with Gasteiger partial charge in [0.05, 0.1) is 17.3 Å². The van der Waals surface area contributed by atoms with Crippen molar-refractivity contribution in [3.05, 3.63) is 66.0 Å². The summed E-state index contributed by atoms with van der Waals surface area (Å²) in [4.78, 5) is 41.0. The predicted molar refractivity (Wildman–Crippen MR) is 123 cm³/mol. The lowest BCUT2D eigenvalue weighted by atomic mass is 10.0. The third-order valence-corrected chi connectivity index (χ3v) is 6.63. The van der Waals surface area contributed by atoms with E-state index in [1.807, 2.05) is 24.3 Å². The number of hydrogen-bond acceptors (Lipinski definition) is 5. The highest BCUT2D eigenvalue weighted by Gasteiger charge is 2.45. The summed E-state index contributed by atoms with van der Waals surface area (Å²) >= 11 is 0. The van der Waals surface area contributed by atoms with Crippen molar-refractivity contribution in [3.8, 4) is 22.6 Å². The van der Waals surface area contributed by atoms with E-state index >= 15 is 0 Å². The molecule has 2 unspecified atom stereocenters. The molecule has 3 amide bonds. The molecule has 0 radical (unpaired) electrons. The number of anilines is 1. The summed E-state index contributed by atoms with van der Waals surface area (Å²) in [6.07, 6.45) is 2.28. The Morgan fingerprint density at radius 3 is 2.68 bits per heavy atom. The van der Waals surface area contributed by atoms with Gasteiger partial charge in [-0.2, -0.15) is 0 Å². The second-order valence-electron chi connectivity index (χ2n) is 8.63. The molecule has 1 fully saturated rings. The molecular formula is C25H22N4O5. The molecule has 3 aliphatic heterocycles. The van der Waals surface area contributed by atoms with Gasteiger partial charge in [-0.15, -0.1) is 0 Å². The van der Waals surface area contributed by atoms with E-state index in [1.165, 1.54) is 0 Å². The van der Waals surface area contributed by atoms with Crippen molar-refractivity contribution in [2.75, 3.05) is 18.7 Å². The first kappa shape index (κ1) is 20.3. The molecule has 0 bridgehead atoms. The largest absolute Gasteiger partial charge is 0.454 e. The normalized spacial score (nSPS) is 20.4. The van der Waals surface area contributed by atoms with Crippen LogP contribution in [0.3, 0.4) is 0 Å². The number of aromatic nitrogens is 1. The van der Waals surface area contributed by atoms with Gasteiger partial charge in [0.25, 0.3) is 11.8 Å².